The maximum Gasteiger partial charge on any atom is 0.229 e. The molecule has 0 radical (unpaired) electrons. The zero-order valence-corrected chi connectivity index (χ0v) is 18.1. The molecule has 0 fully saturated rings. The van der Waals surface area contributed by atoms with Crippen molar-refractivity contribution in [1.29, 1.82) is 0 Å². The Balaban J connectivity index is 1.79. The number of Topliss-reactive ketones (excluding diaryl/α,β-unsaturated/α-hetero) is 1. The molecule has 0 unspecified atom stereocenters. The number of hydrogen-bond donors (Lipinski definition) is 1. The van der Waals surface area contributed by atoms with Crippen molar-refractivity contribution in [2.24, 2.45) is 0 Å². The van der Waals surface area contributed by atoms with Crippen molar-refractivity contribution in [1.82, 2.24) is 20.2 Å². The fourth-order valence-electron chi connectivity index (χ4n) is 2.90. The molecule has 0 aliphatic rings. The second kappa shape index (κ2) is 8.34. The molecule has 0 spiro atoms. The van der Waals surface area contributed by atoms with Crippen LogP contribution in [0.1, 0.15) is 28.4 Å². The van der Waals surface area contributed by atoms with Gasteiger partial charge in [-0.2, -0.15) is 4.68 Å². The molecule has 1 heterocycles. The number of rotatable bonds is 7. The van der Waals surface area contributed by atoms with Crippen molar-refractivity contribution in [3.63, 3.8) is 0 Å². The van der Waals surface area contributed by atoms with E-state index in [4.69, 9.17) is 0 Å². The van der Waals surface area contributed by atoms with Crippen LogP contribution in [0.15, 0.2) is 47.6 Å². The monoisotopic (exact) mass is 431 g/mol. The smallest absolute Gasteiger partial charge is 0.229 e. The summed E-state index contributed by atoms with van der Waals surface area (Å²) >= 11 is 1.27. The number of sulfonamides is 1. The summed E-state index contributed by atoms with van der Waals surface area (Å²) in [5.41, 5.74) is 3.86. The number of thioether (sulfide) groups is 1. The van der Waals surface area contributed by atoms with Gasteiger partial charge in [-0.15, -0.1) is 5.10 Å². The number of ketones is 1. The largest absolute Gasteiger partial charge is 0.293 e. The minimum absolute atomic E-state index is 0.100. The minimum atomic E-state index is -3.36. The number of aryl methyl sites for hydroxylation is 2. The Morgan fingerprint density at radius 2 is 1.72 bits per heavy atom. The van der Waals surface area contributed by atoms with E-state index in [0.29, 0.717) is 16.4 Å². The number of para-hydroxylation sites is 1. The summed E-state index contributed by atoms with van der Waals surface area (Å²) in [6.07, 6.45) is 1.07. The number of carbonyl (C=O) groups is 1. The highest BCUT2D eigenvalue weighted by Crippen LogP contribution is 2.28. The van der Waals surface area contributed by atoms with Gasteiger partial charge in [-0.25, -0.2) is 8.42 Å². The van der Waals surface area contributed by atoms with Crippen LogP contribution in [0.25, 0.3) is 5.69 Å². The number of nitrogens with one attached hydrogen (secondary N) is 1. The van der Waals surface area contributed by atoms with Crippen molar-refractivity contribution in [3.05, 3.63) is 59.2 Å². The van der Waals surface area contributed by atoms with Crippen molar-refractivity contribution in [3.8, 4) is 5.69 Å². The highest BCUT2D eigenvalue weighted by Gasteiger charge is 2.21. The lowest BCUT2D eigenvalue weighted by molar-refractivity contribution is 0.0994. The summed E-state index contributed by atoms with van der Waals surface area (Å²) in [5.74, 6) is -0.100. The highest BCUT2D eigenvalue weighted by molar-refractivity contribution is 8.00. The van der Waals surface area contributed by atoms with Crippen LogP contribution in [0, 0.1) is 13.8 Å². The molecule has 0 saturated heterocycles. The van der Waals surface area contributed by atoms with E-state index in [2.05, 4.69) is 20.2 Å². The fraction of sp³-hybridized carbons (Fsp3) is 0.263. The van der Waals surface area contributed by atoms with Gasteiger partial charge in [-0.05, 0) is 66.6 Å². The molecular formula is C19H21N5O3S2. The second-order valence-electron chi connectivity index (χ2n) is 6.69. The van der Waals surface area contributed by atoms with E-state index in [1.165, 1.54) is 11.8 Å². The van der Waals surface area contributed by atoms with Gasteiger partial charge in [0.05, 0.1) is 17.2 Å². The lowest BCUT2D eigenvalue weighted by Gasteiger charge is -2.13. The standard InChI is InChI=1S/C19H21N5O3S2/c1-12-6-5-7-13(2)17(12)24-19(20-22-23-24)28-14(3)18(25)15-8-10-16(11-9-15)21-29(4,26)27/h5-11,14,21H,1-4H3/t14-/m1/s1. The topological polar surface area (TPSA) is 107 Å². The van der Waals surface area contributed by atoms with Gasteiger partial charge in [0.15, 0.2) is 5.78 Å². The quantitative estimate of drug-likeness (QED) is 0.453. The molecular weight excluding hydrogens is 410 g/mol. The van der Waals surface area contributed by atoms with Gasteiger partial charge in [0.2, 0.25) is 15.2 Å². The summed E-state index contributed by atoms with van der Waals surface area (Å²) in [4.78, 5) is 12.8. The van der Waals surface area contributed by atoms with Gasteiger partial charge < -0.3 is 0 Å². The maximum absolute atomic E-state index is 12.8. The van der Waals surface area contributed by atoms with E-state index >= 15 is 0 Å². The Labute approximate surface area is 173 Å². The van der Waals surface area contributed by atoms with E-state index in [-0.39, 0.29) is 5.78 Å². The lowest BCUT2D eigenvalue weighted by atomic mass is 10.1. The van der Waals surface area contributed by atoms with E-state index in [9.17, 15) is 13.2 Å². The third-order valence-corrected chi connectivity index (χ3v) is 5.86. The van der Waals surface area contributed by atoms with Crippen LogP contribution < -0.4 is 4.72 Å². The molecule has 0 bridgehead atoms. The molecule has 1 N–H and O–H groups in total. The second-order valence-corrected chi connectivity index (χ2v) is 9.75. The molecule has 0 aliphatic heterocycles. The van der Waals surface area contributed by atoms with Crippen LogP contribution >= 0.6 is 11.8 Å². The molecule has 3 aromatic rings. The average Bonchev–Trinajstić information content (AvgIpc) is 3.08. The Morgan fingerprint density at radius 1 is 1.10 bits per heavy atom. The van der Waals surface area contributed by atoms with E-state index in [1.807, 2.05) is 32.0 Å². The first-order chi connectivity index (χ1) is 13.7. The zero-order valence-electron chi connectivity index (χ0n) is 16.4. The van der Waals surface area contributed by atoms with Crippen LogP contribution in [0.3, 0.4) is 0 Å². The van der Waals surface area contributed by atoms with Crippen molar-refractivity contribution < 1.29 is 13.2 Å². The van der Waals surface area contributed by atoms with Crippen molar-refractivity contribution in [2.45, 2.75) is 31.2 Å². The van der Waals surface area contributed by atoms with Gasteiger partial charge in [-0.3, -0.25) is 9.52 Å². The highest BCUT2D eigenvalue weighted by atomic mass is 32.2. The molecule has 2 aromatic carbocycles. The SMILES string of the molecule is Cc1cccc(C)c1-n1nnnc1S[C@H](C)C(=O)c1ccc(NS(C)(=O)=O)cc1. The normalized spacial score (nSPS) is 12.6. The molecule has 0 amide bonds. The minimum Gasteiger partial charge on any atom is -0.293 e. The first-order valence-electron chi connectivity index (χ1n) is 8.79. The third-order valence-electron chi connectivity index (χ3n) is 4.22. The Bertz CT molecular complexity index is 1120. The van der Waals surface area contributed by atoms with Crippen LogP contribution in [0.4, 0.5) is 5.69 Å². The third kappa shape index (κ3) is 5.01. The van der Waals surface area contributed by atoms with Crippen molar-refractivity contribution in [2.75, 3.05) is 11.0 Å². The number of anilines is 1. The van der Waals surface area contributed by atoms with E-state index in [1.54, 1.807) is 35.9 Å². The summed E-state index contributed by atoms with van der Waals surface area (Å²) in [6, 6.07) is 12.3. The molecule has 8 nitrogen and oxygen atoms in total. The van der Waals surface area contributed by atoms with Gasteiger partial charge >= 0.3 is 0 Å². The predicted molar refractivity (Wildman–Crippen MR) is 113 cm³/mol. The Kier molecular flexibility index (Phi) is 6.04. The van der Waals surface area contributed by atoms with Gasteiger partial charge in [-0.1, -0.05) is 30.0 Å². The number of tetrazole rings is 1. The van der Waals surface area contributed by atoms with Crippen LogP contribution in [-0.4, -0.2) is 45.9 Å². The predicted octanol–water partition coefficient (Wildman–Crippen LogP) is 3.01. The number of carbonyl (C=O) groups excluding carboxylic acids is 1. The van der Waals surface area contributed by atoms with Crippen LogP contribution in [-0.2, 0) is 10.0 Å². The first-order valence-corrected chi connectivity index (χ1v) is 11.6. The average molecular weight is 432 g/mol. The van der Waals surface area contributed by atoms with E-state index in [0.717, 1.165) is 23.1 Å². The van der Waals surface area contributed by atoms with Gasteiger partial charge in [0, 0.05) is 11.3 Å². The Morgan fingerprint density at radius 3 is 2.31 bits per heavy atom. The molecule has 0 aliphatic carbocycles. The molecule has 1 aromatic heterocycles. The van der Waals surface area contributed by atoms with Crippen LogP contribution in [0.5, 0.6) is 0 Å². The van der Waals surface area contributed by atoms with Gasteiger partial charge in [0.1, 0.15) is 0 Å². The molecule has 10 heteroatoms. The first kappa shape index (κ1) is 21.0. The van der Waals surface area contributed by atoms with Crippen LogP contribution in [0.2, 0.25) is 0 Å². The number of aromatic nitrogens is 4. The summed E-state index contributed by atoms with van der Waals surface area (Å²) in [5, 5.41) is 12.0. The lowest BCUT2D eigenvalue weighted by Crippen LogP contribution is -2.15. The fourth-order valence-corrected chi connectivity index (χ4v) is 4.33. The summed E-state index contributed by atoms with van der Waals surface area (Å²) in [6.45, 7) is 5.76. The Hall–Kier alpha value is -2.72. The molecule has 0 saturated carbocycles. The molecule has 1 atom stereocenters. The number of nitrogens with zero attached hydrogens (tertiary/aromatic N) is 4. The van der Waals surface area contributed by atoms with Crippen molar-refractivity contribution >= 4 is 33.3 Å². The molecule has 29 heavy (non-hydrogen) atoms. The number of benzene rings is 2. The van der Waals surface area contributed by atoms with E-state index < -0.39 is 15.3 Å². The van der Waals surface area contributed by atoms with Gasteiger partial charge in [0.25, 0.3) is 0 Å². The summed E-state index contributed by atoms with van der Waals surface area (Å²) < 4.78 is 26.6. The molecule has 152 valence electrons. The maximum atomic E-state index is 12.8. The summed E-state index contributed by atoms with van der Waals surface area (Å²) in [7, 11) is -3.36. The number of hydrogen-bond acceptors (Lipinski definition) is 7. The molecule has 3 rings (SSSR count). The zero-order chi connectivity index (χ0) is 21.2.